The molecule has 2 aliphatic rings. The third kappa shape index (κ3) is 8.25. The molecule has 0 bridgehead atoms. The van der Waals surface area contributed by atoms with E-state index in [0.717, 1.165) is 57.8 Å². The molecule has 1 aromatic rings. The third-order valence-electron chi connectivity index (χ3n) is 6.87. The van der Waals surface area contributed by atoms with E-state index < -0.39 is 6.10 Å². The van der Waals surface area contributed by atoms with Gasteiger partial charge in [-0.1, -0.05) is 49.4 Å². The van der Waals surface area contributed by atoms with E-state index in [2.05, 4.69) is 48.7 Å². The number of carbonyl (C=O) groups is 2. The van der Waals surface area contributed by atoms with Crippen LogP contribution in [-0.4, -0.2) is 28.9 Å². The zero-order valence-electron chi connectivity index (χ0n) is 19.0. The number of Topliss-reactive ketones (excluding diaryl/α,β-unsaturated/α-hetero) is 1. The fourth-order valence-corrected chi connectivity index (χ4v) is 4.66. The number of aliphatic hydroxyl groups excluding tert-OH is 1. The Balaban J connectivity index is 1.35. The minimum absolute atomic E-state index is 0.0110. The van der Waals surface area contributed by atoms with Crippen LogP contribution in [0.2, 0.25) is 0 Å². The van der Waals surface area contributed by atoms with Crippen LogP contribution < -0.4 is 5.32 Å². The number of ketones is 1. The first kappa shape index (κ1) is 23.7. The molecule has 4 heteroatoms. The average molecular weight is 426 g/mol. The summed E-state index contributed by atoms with van der Waals surface area (Å²) in [6, 6.07) is 11.0. The molecule has 0 spiro atoms. The molecule has 1 aromatic carbocycles. The number of carbonyl (C=O) groups excluding carboxylic acids is 2. The van der Waals surface area contributed by atoms with Gasteiger partial charge in [-0.05, 0) is 75.2 Å². The Morgan fingerprint density at radius 1 is 1.19 bits per heavy atom. The predicted octanol–water partition coefficient (Wildman–Crippen LogP) is 5.00. The van der Waals surface area contributed by atoms with E-state index >= 15 is 0 Å². The molecule has 3 rings (SSSR count). The zero-order chi connectivity index (χ0) is 22.1. The number of allylic oxidation sites excluding steroid dienone is 2. The summed E-state index contributed by atoms with van der Waals surface area (Å²) >= 11 is 0. The van der Waals surface area contributed by atoms with E-state index in [1.807, 2.05) is 6.07 Å². The van der Waals surface area contributed by atoms with Crippen molar-refractivity contribution in [2.24, 2.45) is 17.8 Å². The number of aliphatic hydroxyl groups is 1. The Hall–Kier alpha value is -1.94. The Bertz CT molecular complexity index is 725. The van der Waals surface area contributed by atoms with E-state index in [9.17, 15) is 14.7 Å². The standard InChI is InChI=1S/C27H39NO3/c1-20(13-15-21-9-5-4-6-10-21)14-18-24-23(25(29)19-26(24)30)11-7-2-3-8-12-27(31)28-22-16-17-22/h2,4-7,9-10,20,22-25,29H,3,8,11-19H2,1H3,(H,28,31)/b7-2-/t20-,23+,24+,25-/m0/s1. The molecule has 0 radical (unpaired) electrons. The minimum atomic E-state index is -0.508. The number of amides is 1. The molecule has 31 heavy (non-hydrogen) atoms. The Morgan fingerprint density at radius 2 is 1.97 bits per heavy atom. The van der Waals surface area contributed by atoms with Crippen molar-refractivity contribution in [2.45, 2.75) is 89.7 Å². The highest BCUT2D eigenvalue weighted by molar-refractivity contribution is 5.84. The third-order valence-corrected chi connectivity index (χ3v) is 6.87. The highest BCUT2D eigenvalue weighted by atomic mass is 16.3. The van der Waals surface area contributed by atoms with Gasteiger partial charge < -0.3 is 10.4 Å². The van der Waals surface area contributed by atoms with E-state index in [0.29, 0.717) is 24.8 Å². The van der Waals surface area contributed by atoms with Crippen molar-refractivity contribution >= 4 is 11.7 Å². The fraction of sp³-hybridized carbons (Fsp3) is 0.630. The van der Waals surface area contributed by atoms with Gasteiger partial charge in [0.15, 0.2) is 0 Å². The van der Waals surface area contributed by atoms with Gasteiger partial charge in [-0.3, -0.25) is 9.59 Å². The van der Waals surface area contributed by atoms with Gasteiger partial charge in [0.2, 0.25) is 5.91 Å². The van der Waals surface area contributed by atoms with Crippen molar-refractivity contribution in [1.82, 2.24) is 5.32 Å². The maximum absolute atomic E-state index is 12.5. The van der Waals surface area contributed by atoms with Gasteiger partial charge in [-0.2, -0.15) is 0 Å². The molecule has 2 N–H and O–H groups in total. The molecule has 0 saturated heterocycles. The number of hydrogen-bond acceptors (Lipinski definition) is 3. The summed E-state index contributed by atoms with van der Waals surface area (Å²) in [5.74, 6) is 1.00. The van der Waals surface area contributed by atoms with Crippen LogP contribution >= 0.6 is 0 Å². The second-order valence-corrected chi connectivity index (χ2v) is 9.66. The Labute approximate surface area is 187 Å². The van der Waals surface area contributed by atoms with Crippen LogP contribution in [0.5, 0.6) is 0 Å². The van der Waals surface area contributed by atoms with Crippen LogP contribution in [0.25, 0.3) is 0 Å². The number of benzene rings is 1. The van der Waals surface area contributed by atoms with Gasteiger partial charge in [0.05, 0.1) is 6.10 Å². The number of aryl methyl sites for hydroxylation is 1. The van der Waals surface area contributed by atoms with Crippen molar-refractivity contribution in [3.8, 4) is 0 Å². The van der Waals surface area contributed by atoms with Gasteiger partial charge in [0.1, 0.15) is 5.78 Å². The van der Waals surface area contributed by atoms with E-state index in [1.54, 1.807) is 0 Å². The molecule has 170 valence electrons. The summed E-state index contributed by atoms with van der Waals surface area (Å²) in [6.07, 6.45) is 13.4. The highest BCUT2D eigenvalue weighted by Crippen LogP contribution is 2.36. The first-order chi connectivity index (χ1) is 15.0. The molecule has 2 fully saturated rings. The smallest absolute Gasteiger partial charge is 0.220 e. The topological polar surface area (TPSA) is 66.4 Å². The molecular formula is C27H39NO3. The Kier molecular flexibility index (Phi) is 9.32. The van der Waals surface area contributed by atoms with Crippen LogP contribution in [0.3, 0.4) is 0 Å². The molecule has 2 saturated carbocycles. The summed E-state index contributed by atoms with van der Waals surface area (Å²) in [5.41, 5.74) is 1.37. The summed E-state index contributed by atoms with van der Waals surface area (Å²) in [6.45, 7) is 2.27. The average Bonchev–Trinajstić information content (AvgIpc) is 3.52. The molecule has 4 nitrogen and oxygen atoms in total. The van der Waals surface area contributed by atoms with Gasteiger partial charge in [0, 0.05) is 24.8 Å². The lowest BCUT2D eigenvalue weighted by Gasteiger charge is -2.21. The SMILES string of the molecule is C[C@@H](CCc1ccccc1)CC[C@H]1C(=O)C[C@H](O)[C@@H]1C/C=C\CCCC(=O)NC1CC1. The van der Waals surface area contributed by atoms with Crippen molar-refractivity contribution in [3.05, 3.63) is 48.0 Å². The first-order valence-electron chi connectivity index (χ1n) is 12.2. The summed E-state index contributed by atoms with van der Waals surface area (Å²) in [4.78, 5) is 24.2. The molecule has 0 aliphatic heterocycles. The lowest BCUT2D eigenvalue weighted by atomic mass is 9.84. The van der Waals surface area contributed by atoms with Gasteiger partial charge in [0.25, 0.3) is 0 Å². The number of rotatable bonds is 13. The number of hydrogen-bond donors (Lipinski definition) is 2. The lowest BCUT2D eigenvalue weighted by Crippen LogP contribution is -2.24. The second kappa shape index (κ2) is 12.2. The van der Waals surface area contributed by atoms with Crippen molar-refractivity contribution in [2.75, 3.05) is 0 Å². The largest absolute Gasteiger partial charge is 0.392 e. The van der Waals surface area contributed by atoms with Gasteiger partial charge in [-0.25, -0.2) is 0 Å². The van der Waals surface area contributed by atoms with Crippen LogP contribution in [0.15, 0.2) is 42.5 Å². The van der Waals surface area contributed by atoms with Crippen molar-refractivity contribution < 1.29 is 14.7 Å². The maximum Gasteiger partial charge on any atom is 0.220 e. The van der Waals surface area contributed by atoms with Crippen LogP contribution in [0.4, 0.5) is 0 Å². The lowest BCUT2D eigenvalue weighted by molar-refractivity contribution is -0.122. The molecule has 0 heterocycles. The normalized spacial score (nSPS) is 24.6. The van der Waals surface area contributed by atoms with Crippen molar-refractivity contribution in [1.29, 1.82) is 0 Å². The summed E-state index contributed by atoms with van der Waals surface area (Å²) in [7, 11) is 0. The van der Waals surface area contributed by atoms with E-state index in [4.69, 9.17) is 0 Å². The second-order valence-electron chi connectivity index (χ2n) is 9.66. The van der Waals surface area contributed by atoms with Gasteiger partial charge in [-0.15, -0.1) is 0 Å². The Morgan fingerprint density at radius 3 is 2.71 bits per heavy atom. The van der Waals surface area contributed by atoms with Gasteiger partial charge >= 0.3 is 0 Å². The van der Waals surface area contributed by atoms with Crippen LogP contribution in [0, 0.1) is 17.8 Å². The monoisotopic (exact) mass is 425 g/mol. The van der Waals surface area contributed by atoms with Crippen molar-refractivity contribution in [3.63, 3.8) is 0 Å². The fourth-order valence-electron chi connectivity index (χ4n) is 4.66. The van der Waals surface area contributed by atoms with Crippen LogP contribution in [0.1, 0.15) is 76.7 Å². The van der Waals surface area contributed by atoms with E-state index in [-0.39, 0.29) is 23.5 Å². The number of unbranched alkanes of at least 4 members (excludes halogenated alkanes) is 1. The molecule has 0 unspecified atom stereocenters. The minimum Gasteiger partial charge on any atom is -0.392 e. The summed E-state index contributed by atoms with van der Waals surface area (Å²) in [5, 5.41) is 13.4. The molecule has 4 atom stereocenters. The zero-order valence-corrected chi connectivity index (χ0v) is 19.0. The molecule has 2 aliphatic carbocycles. The maximum atomic E-state index is 12.5. The predicted molar refractivity (Wildman–Crippen MR) is 125 cm³/mol. The highest BCUT2D eigenvalue weighted by Gasteiger charge is 2.40. The van der Waals surface area contributed by atoms with E-state index in [1.165, 1.54) is 5.56 Å². The quantitative estimate of drug-likeness (QED) is 0.345. The summed E-state index contributed by atoms with van der Waals surface area (Å²) < 4.78 is 0. The first-order valence-corrected chi connectivity index (χ1v) is 12.2. The molecular weight excluding hydrogens is 386 g/mol. The molecule has 1 amide bonds. The van der Waals surface area contributed by atoms with Crippen LogP contribution in [-0.2, 0) is 16.0 Å². The number of nitrogens with one attached hydrogen (secondary N) is 1. The molecule has 0 aromatic heterocycles.